The predicted molar refractivity (Wildman–Crippen MR) is 124 cm³/mol. The van der Waals surface area contributed by atoms with Crippen molar-refractivity contribution in [2.75, 3.05) is 18.0 Å². The number of anilines is 1. The number of nitrogens with zero attached hydrogens (tertiary/aromatic N) is 2. The molecule has 2 aromatic carbocycles. The summed E-state index contributed by atoms with van der Waals surface area (Å²) in [6.07, 6.45) is 4.45. The van der Waals surface area contributed by atoms with Crippen LogP contribution in [0.1, 0.15) is 84.2 Å². The molecular weight excluding hydrogens is 386 g/mol. The van der Waals surface area contributed by atoms with E-state index in [1.54, 1.807) is 6.07 Å². The van der Waals surface area contributed by atoms with Crippen molar-refractivity contribution in [2.45, 2.75) is 65.1 Å². The molecule has 1 N–H and O–H groups in total. The molecule has 0 aromatic heterocycles. The Labute approximate surface area is 185 Å². The average molecular weight is 420 g/mol. The minimum absolute atomic E-state index is 0.101. The summed E-state index contributed by atoms with van der Waals surface area (Å²) in [5.41, 5.74) is 4.58. The summed E-state index contributed by atoms with van der Waals surface area (Å²) in [5.74, 6) is 0.485. The molecule has 1 atom stereocenters. The number of hydrogen-bond donors (Lipinski definition) is 1. The molecule has 0 saturated carbocycles. The van der Waals surface area contributed by atoms with Crippen molar-refractivity contribution < 1.29 is 9.59 Å². The van der Waals surface area contributed by atoms with Gasteiger partial charge in [-0.3, -0.25) is 9.59 Å². The van der Waals surface area contributed by atoms with E-state index < -0.39 is 0 Å². The van der Waals surface area contributed by atoms with Gasteiger partial charge in [-0.05, 0) is 61.4 Å². The lowest BCUT2D eigenvalue weighted by molar-refractivity contribution is 0.0656. The summed E-state index contributed by atoms with van der Waals surface area (Å²) >= 11 is 0. The molecule has 164 valence electrons. The van der Waals surface area contributed by atoms with Crippen molar-refractivity contribution in [3.05, 3.63) is 64.7 Å². The summed E-state index contributed by atoms with van der Waals surface area (Å²) in [7, 11) is 0. The molecule has 0 radical (unpaired) electrons. The number of fused-ring (bicyclic) bond motifs is 2. The predicted octanol–water partition coefficient (Wildman–Crippen LogP) is 4.92. The highest BCUT2D eigenvalue weighted by molar-refractivity contribution is 6.04. The minimum Gasteiger partial charge on any atom is -0.351 e. The maximum Gasteiger partial charge on any atom is 0.257 e. The van der Waals surface area contributed by atoms with Crippen molar-refractivity contribution in [1.82, 2.24) is 10.2 Å². The summed E-state index contributed by atoms with van der Waals surface area (Å²) in [5, 5.41) is 3.03. The Bertz CT molecular complexity index is 952. The smallest absolute Gasteiger partial charge is 0.257 e. The Balaban J connectivity index is 1.52. The fourth-order valence-corrected chi connectivity index (χ4v) is 4.74. The Hall–Kier alpha value is -2.82. The summed E-state index contributed by atoms with van der Waals surface area (Å²) in [4.78, 5) is 30.3. The van der Waals surface area contributed by atoms with Gasteiger partial charge in [0.25, 0.3) is 11.8 Å². The number of rotatable bonds is 5. The van der Waals surface area contributed by atoms with Gasteiger partial charge in [0.1, 0.15) is 6.17 Å². The Morgan fingerprint density at radius 3 is 2.58 bits per heavy atom. The van der Waals surface area contributed by atoms with Crippen LogP contribution in [0, 0.1) is 0 Å². The van der Waals surface area contributed by atoms with Gasteiger partial charge >= 0.3 is 0 Å². The lowest BCUT2D eigenvalue weighted by atomic mass is 10.0. The molecule has 5 heteroatoms. The van der Waals surface area contributed by atoms with Crippen molar-refractivity contribution >= 4 is 17.5 Å². The van der Waals surface area contributed by atoms with Crippen LogP contribution >= 0.6 is 0 Å². The topological polar surface area (TPSA) is 52.7 Å². The van der Waals surface area contributed by atoms with Gasteiger partial charge in [0.2, 0.25) is 0 Å². The maximum absolute atomic E-state index is 13.1. The SMILES string of the molecule is CCN1c2cc(C(=O)NCc3ccc(C(C)C)cc3)ccc2C(=O)N2CCCCC[C@H]21. The molecular formula is C26H33N3O2. The zero-order valence-corrected chi connectivity index (χ0v) is 18.9. The van der Waals surface area contributed by atoms with Crippen molar-refractivity contribution in [3.8, 4) is 0 Å². The fourth-order valence-electron chi connectivity index (χ4n) is 4.74. The third-order valence-corrected chi connectivity index (χ3v) is 6.58. The first-order chi connectivity index (χ1) is 15.0. The number of carbonyl (C=O) groups is 2. The van der Waals surface area contributed by atoms with E-state index in [4.69, 9.17) is 0 Å². The molecule has 31 heavy (non-hydrogen) atoms. The molecule has 2 amide bonds. The van der Waals surface area contributed by atoms with E-state index in [0.717, 1.165) is 43.6 Å². The molecule has 1 saturated heterocycles. The van der Waals surface area contributed by atoms with E-state index in [-0.39, 0.29) is 18.0 Å². The largest absolute Gasteiger partial charge is 0.351 e. The van der Waals surface area contributed by atoms with Crippen LogP contribution in [0.25, 0.3) is 0 Å². The third kappa shape index (κ3) is 4.32. The highest BCUT2D eigenvalue weighted by Gasteiger charge is 2.37. The van der Waals surface area contributed by atoms with Crippen molar-refractivity contribution in [1.29, 1.82) is 0 Å². The first kappa shape index (κ1) is 21.4. The van der Waals surface area contributed by atoms with Crippen molar-refractivity contribution in [3.63, 3.8) is 0 Å². The number of carbonyl (C=O) groups excluding carboxylic acids is 2. The third-order valence-electron chi connectivity index (χ3n) is 6.58. The quantitative estimate of drug-likeness (QED) is 0.748. The second-order valence-electron chi connectivity index (χ2n) is 8.93. The summed E-state index contributed by atoms with van der Waals surface area (Å²) in [6, 6.07) is 13.9. The van der Waals surface area contributed by atoms with E-state index in [9.17, 15) is 9.59 Å². The van der Waals surface area contributed by atoms with Gasteiger partial charge in [-0.1, -0.05) is 44.5 Å². The van der Waals surface area contributed by atoms with Gasteiger partial charge in [-0.2, -0.15) is 0 Å². The molecule has 0 unspecified atom stereocenters. The van der Waals surface area contributed by atoms with Gasteiger partial charge in [0, 0.05) is 25.2 Å². The van der Waals surface area contributed by atoms with Crippen LogP contribution in [0.3, 0.4) is 0 Å². The van der Waals surface area contributed by atoms with E-state index >= 15 is 0 Å². The molecule has 4 rings (SSSR count). The average Bonchev–Trinajstić information content (AvgIpc) is 3.04. The first-order valence-electron chi connectivity index (χ1n) is 11.6. The van der Waals surface area contributed by atoms with E-state index in [0.29, 0.717) is 23.6 Å². The second kappa shape index (κ2) is 9.13. The number of nitrogens with one attached hydrogen (secondary N) is 1. The van der Waals surface area contributed by atoms with Crippen LogP contribution in [-0.4, -0.2) is 36.0 Å². The standard InChI is InChI=1S/C26H33N3O2/c1-4-28-23-16-21(25(30)27-17-19-9-11-20(12-10-19)18(2)3)13-14-22(23)26(31)29-15-7-5-6-8-24(28)29/h9-14,16,18,24H,4-8,15,17H2,1-3H3,(H,27,30)/t24-/m0/s1. The fraction of sp³-hybridized carbons (Fsp3) is 0.462. The van der Waals surface area contributed by atoms with Crippen LogP contribution in [0.5, 0.6) is 0 Å². The highest BCUT2D eigenvalue weighted by atomic mass is 16.2. The van der Waals surface area contributed by atoms with Gasteiger partial charge in [0.05, 0.1) is 11.3 Å². The van der Waals surface area contributed by atoms with Gasteiger partial charge < -0.3 is 15.1 Å². The van der Waals surface area contributed by atoms with Crippen LogP contribution in [0.2, 0.25) is 0 Å². The lowest BCUT2D eigenvalue weighted by Crippen LogP contribution is -2.55. The number of amides is 2. The van der Waals surface area contributed by atoms with Crippen LogP contribution < -0.4 is 10.2 Å². The van der Waals surface area contributed by atoms with Crippen LogP contribution in [0.4, 0.5) is 5.69 Å². The molecule has 2 aliphatic rings. The monoisotopic (exact) mass is 419 g/mol. The van der Waals surface area contributed by atoms with Crippen LogP contribution in [-0.2, 0) is 6.54 Å². The molecule has 5 nitrogen and oxygen atoms in total. The molecule has 2 aliphatic heterocycles. The van der Waals surface area contributed by atoms with E-state index in [1.165, 1.54) is 12.0 Å². The van der Waals surface area contributed by atoms with Crippen LogP contribution in [0.15, 0.2) is 42.5 Å². The second-order valence-corrected chi connectivity index (χ2v) is 8.93. The number of hydrogen-bond acceptors (Lipinski definition) is 3. The zero-order valence-electron chi connectivity index (χ0n) is 18.9. The van der Waals surface area contributed by atoms with E-state index in [2.05, 4.69) is 55.3 Å². The molecule has 2 heterocycles. The minimum atomic E-state index is -0.109. The maximum atomic E-state index is 13.1. The van der Waals surface area contributed by atoms with E-state index in [1.807, 2.05) is 17.0 Å². The van der Waals surface area contributed by atoms with Crippen molar-refractivity contribution in [2.24, 2.45) is 0 Å². The Morgan fingerprint density at radius 2 is 1.87 bits per heavy atom. The molecule has 0 aliphatic carbocycles. The Kier molecular flexibility index (Phi) is 6.30. The molecule has 2 aromatic rings. The zero-order chi connectivity index (χ0) is 22.0. The lowest BCUT2D eigenvalue weighted by Gasteiger charge is -2.44. The summed E-state index contributed by atoms with van der Waals surface area (Å²) in [6.45, 7) is 8.58. The first-order valence-corrected chi connectivity index (χ1v) is 11.6. The molecule has 0 spiro atoms. The molecule has 1 fully saturated rings. The normalized spacial score (nSPS) is 18.5. The number of benzene rings is 2. The summed E-state index contributed by atoms with van der Waals surface area (Å²) < 4.78 is 0. The highest BCUT2D eigenvalue weighted by Crippen LogP contribution is 2.35. The van der Waals surface area contributed by atoms with Gasteiger partial charge in [-0.15, -0.1) is 0 Å². The van der Waals surface area contributed by atoms with Gasteiger partial charge in [0.15, 0.2) is 0 Å². The van der Waals surface area contributed by atoms with Gasteiger partial charge in [-0.25, -0.2) is 0 Å². The molecule has 0 bridgehead atoms. The Morgan fingerprint density at radius 1 is 1.10 bits per heavy atom.